The van der Waals surface area contributed by atoms with Crippen LogP contribution in [-0.4, -0.2) is 47.5 Å². The molecule has 1 unspecified atom stereocenters. The number of likely N-dealkylation sites (tertiary alicyclic amines) is 1. The first-order valence-electron chi connectivity index (χ1n) is 10.4. The molecule has 3 rings (SSSR count). The number of carbonyl (C=O) groups excluding carboxylic acids is 1. The van der Waals surface area contributed by atoms with Gasteiger partial charge in [-0.15, -0.1) is 13.2 Å². The second kappa shape index (κ2) is 9.57. The van der Waals surface area contributed by atoms with Crippen LogP contribution in [0.2, 0.25) is 0 Å². The first-order chi connectivity index (χ1) is 14.2. The van der Waals surface area contributed by atoms with Crippen LogP contribution in [0.5, 0.6) is 5.75 Å². The molecule has 9 heteroatoms. The Hall–Kier alpha value is -2.45. The lowest BCUT2D eigenvalue weighted by molar-refractivity contribution is -0.274. The van der Waals surface area contributed by atoms with E-state index in [2.05, 4.69) is 10.1 Å². The van der Waals surface area contributed by atoms with Gasteiger partial charge in [-0.05, 0) is 49.3 Å². The molecule has 1 saturated heterocycles. The minimum absolute atomic E-state index is 0.0418. The molecule has 2 atom stereocenters. The van der Waals surface area contributed by atoms with Crippen LogP contribution in [0.1, 0.15) is 56.4 Å². The lowest BCUT2D eigenvalue weighted by Crippen LogP contribution is -2.51. The fraction of sp³-hybridized carbons (Fsp3) is 0.619. The first-order valence-corrected chi connectivity index (χ1v) is 10.4. The SMILES string of the molecule is O=C(O)N[C@H]1CCCN(C(=O)C(c2cccc(OC(F)(F)F)c2)C2CCCCC2)C1. The van der Waals surface area contributed by atoms with Gasteiger partial charge in [0.2, 0.25) is 5.91 Å². The molecule has 1 aromatic rings. The highest BCUT2D eigenvalue weighted by Crippen LogP contribution is 2.39. The van der Waals surface area contributed by atoms with Crippen LogP contribution >= 0.6 is 0 Å². The Bertz CT molecular complexity index is 750. The second-order valence-corrected chi connectivity index (χ2v) is 8.07. The Kier molecular flexibility index (Phi) is 7.10. The van der Waals surface area contributed by atoms with E-state index in [0.29, 0.717) is 24.9 Å². The van der Waals surface area contributed by atoms with Crippen LogP contribution in [-0.2, 0) is 4.79 Å². The predicted molar refractivity (Wildman–Crippen MR) is 103 cm³/mol. The minimum Gasteiger partial charge on any atom is -0.465 e. The van der Waals surface area contributed by atoms with E-state index in [1.54, 1.807) is 11.0 Å². The maximum Gasteiger partial charge on any atom is 0.573 e. The molecule has 1 saturated carbocycles. The van der Waals surface area contributed by atoms with Gasteiger partial charge in [0.15, 0.2) is 0 Å². The molecule has 1 heterocycles. The molecular formula is C21H27F3N2O4. The van der Waals surface area contributed by atoms with Crippen LogP contribution in [0.25, 0.3) is 0 Å². The van der Waals surface area contributed by atoms with Crippen molar-refractivity contribution in [2.75, 3.05) is 13.1 Å². The molecule has 1 aliphatic carbocycles. The van der Waals surface area contributed by atoms with Crippen molar-refractivity contribution in [2.45, 2.75) is 63.3 Å². The van der Waals surface area contributed by atoms with Crippen molar-refractivity contribution in [2.24, 2.45) is 5.92 Å². The number of hydrogen-bond donors (Lipinski definition) is 2. The largest absolute Gasteiger partial charge is 0.573 e. The fourth-order valence-electron chi connectivity index (χ4n) is 4.66. The van der Waals surface area contributed by atoms with Crippen LogP contribution in [0.15, 0.2) is 24.3 Å². The molecule has 166 valence electrons. The molecule has 0 spiro atoms. The van der Waals surface area contributed by atoms with Crippen LogP contribution in [0.3, 0.4) is 0 Å². The molecule has 1 aromatic carbocycles. The van der Waals surface area contributed by atoms with Gasteiger partial charge in [0.05, 0.1) is 5.92 Å². The van der Waals surface area contributed by atoms with Crippen LogP contribution in [0.4, 0.5) is 18.0 Å². The minimum atomic E-state index is -4.80. The van der Waals surface area contributed by atoms with Gasteiger partial charge in [-0.2, -0.15) is 0 Å². The summed E-state index contributed by atoms with van der Waals surface area (Å²) in [5.74, 6) is -1.01. The zero-order valence-corrected chi connectivity index (χ0v) is 16.7. The number of hydrogen-bond acceptors (Lipinski definition) is 3. The predicted octanol–water partition coefficient (Wildman–Crippen LogP) is 4.51. The highest BCUT2D eigenvalue weighted by atomic mass is 19.4. The Morgan fingerprint density at radius 2 is 1.87 bits per heavy atom. The fourth-order valence-corrected chi connectivity index (χ4v) is 4.66. The number of carboxylic acid groups (broad SMARTS) is 1. The summed E-state index contributed by atoms with van der Waals surface area (Å²) in [7, 11) is 0. The highest BCUT2D eigenvalue weighted by molar-refractivity contribution is 5.84. The standard InChI is InChI=1S/C21H27F3N2O4/c22-21(23,24)30-17-10-4-8-15(12-17)18(14-6-2-1-3-7-14)19(27)26-11-5-9-16(13-26)25-20(28)29/h4,8,10,12,14,16,18,25H,1-3,5-7,9,11,13H2,(H,28,29)/t16-,18?/m0/s1. The summed E-state index contributed by atoms with van der Waals surface area (Å²) in [6.45, 7) is 0.783. The molecule has 1 aliphatic heterocycles. The van der Waals surface area contributed by atoms with Crippen molar-refractivity contribution < 1.29 is 32.6 Å². The van der Waals surface area contributed by atoms with Gasteiger partial charge in [0.25, 0.3) is 0 Å². The molecule has 30 heavy (non-hydrogen) atoms. The number of carbonyl (C=O) groups is 2. The average Bonchev–Trinajstić information content (AvgIpc) is 2.68. The topological polar surface area (TPSA) is 78.9 Å². The van der Waals surface area contributed by atoms with Gasteiger partial charge < -0.3 is 20.1 Å². The van der Waals surface area contributed by atoms with Gasteiger partial charge in [0.1, 0.15) is 5.75 Å². The molecule has 6 nitrogen and oxygen atoms in total. The molecule has 2 N–H and O–H groups in total. The second-order valence-electron chi connectivity index (χ2n) is 8.07. The Morgan fingerprint density at radius 3 is 2.53 bits per heavy atom. The molecule has 0 bridgehead atoms. The van der Waals surface area contributed by atoms with E-state index in [1.165, 1.54) is 18.2 Å². The lowest BCUT2D eigenvalue weighted by Gasteiger charge is -2.38. The molecule has 2 amide bonds. The van der Waals surface area contributed by atoms with E-state index < -0.39 is 18.4 Å². The van der Waals surface area contributed by atoms with Gasteiger partial charge in [0, 0.05) is 19.1 Å². The number of rotatable bonds is 5. The number of halogens is 3. The van der Waals surface area contributed by atoms with Crippen molar-refractivity contribution >= 4 is 12.0 Å². The van der Waals surface area contributed by atoms with Crippen molar-refractivity contribution in [3.05, 3.63) is 29.8 Å². The number of alkyl halides is 3. The number of amides is 2. The molecule has 2 aliphatic rings. The molecule has 2 fully saturated rings. The number of nitrogens with zero attached hydrogens (tertiary/aromatic N) is 1. The van der Waals surface area contributed by atoms with E-state index in [0.717, 1.165) is 32.1 Å². The summed E-state index contributed by atoms with van der Waals surface area (Å²) in [5, 5.41) is 11.4. The lowest BCUT2D eigenvalue weighted by atomic mass is 9.76. The zero-order chi connectivity index (χ0) is 21.7. The van der Waals surface area contributed by atoms with Gasteiger partial charge in [-0.1, -0.05) is 31.4 Å². The Balaban J connectivity index is 1.85. The van der Waals surface area contributed by atoms with E-state index in [9.17, 15) is 22.8 Å². The van der Waals surface area contributed by atoms with E-state index in [4.69, 9.17) is 5.11 Å². The normalized spacial score (nSPS) is 21.7. The molecule has 0 radical (unpaired) electrons. The van der Waals surface area contributed by atoms with E-state index in [-0.39, 0.29) is 30.2 Å². The average molecular weight is 428 g/mol. The third-order valence-corrected chi connectivity index (χ3v) is 5.90. The van der Waals surface area contributed by atoms with Crippen LogP contribution < -0.4 is 10.1 Å². The number of piperidine rings is 1. The number of nitrogens with one attached hydrogen (secondary N) is 1. The van der Waals surface area contributed by atoms with Gasteiger partial charge in [-0.25, -0.2) is 4.79 Å². The molecular weight excluding hydrogens is 401 g/mol. The van der Waals surface area contributed by atoms with Crippen molar-refractivity contribution in [3.8, 4) is 5.75 Å². The molecule has 0 aromatic heterocycles. The van der Waals surface area contributed by atoms with E-state index in [1.807, 2.05) is 0 Å². The Labute approximate surface area is 173 Å². The third kappa shape index (κ3) is 6.03. The zero-order valence-electron chi connectivity index (χ0n) is 16.7. The summed E-state index contributed by atoms with van der Waals surface area (Å²) in [5.41, 5.74) is 0.516. The Morgan fingerprint density at radius 1 is 1.13 bits per heavy atom. The summed E-state index contributed by atoms with van der Waals surface area (Å²) in [6, 6.07) is 5.35. The monoisotopic (exact) mass is 428 g/mol. The van der Waals surface area contributed by atoms with Crippen molar-refractivity contribution in [1.82, 2.24) is 10.2 Å². The summed E-state index contributed by atoms with van der Waals surface area (Å²) < 4.78 is 42.1. The third-order valence-electron chi connectivity index (χ3n) is 5.90. The first kappa shape index (κ1) is 22.2. The van der Waals surface area contributed by atoms with Crippen molar-refractivity contribution in [3.63, 3.8) is 0 Å². The van der Waals surface area contributed by atoms with Gasteiger partial charge >= 0.3 is 12.5 Å². The summed E-state index contributed by atoms with van der Waals surface area (Å²) >= 11 is 0. The maximum atomic E-state index is 13.5. The number of benzene rings is 1. The quantitative estimate of drug-likeness (QED) is 0.724. The maximum absolute atomic E-state index is 13.5. The van der Waals surface area contributed by atoms with E-state index >= 15 is 0 Å². The van der Waals surface area contributed by atoms with Gasteiger partial charge in [-0.3, -0.25) is 4.79 Å². The summed E-state index contributed by atoms with van der Waals surface area (Å²) in [6.07, 6.45) is 0.123. The number of ether oxygens (including phenoxy) is 1. The smallest absolute Gasteiger partial charge is 0.465 e. The summed E-state index contributed by atoms with van der Waals surface area (Å²) in [4.78, 5) is 26.1. The van der Waals surface area contributed by atoms with Crippen molar-refractivity contribution in [1.29, 1.82) is 0 Å². The van der Waals surface area contributed by atoms with Crippen LogP contribution in [0, 0.1) is 5.92 Å². The highest BCUT2D eigenvalue weighted by Gasteiger charge is 2.37.